The fourth-order valence-corrected chi connectivity index (χ4v) is 4.46. The molecule has 1 aliphatic rings. The second kappa shape index (κ2) is 9.17. The molecular formula is C23H25N3O3S. The predicted octanol–water partition coefficient (Wildman–Crippen LogP) is 5.07. The number of amides is 1. The highest BCUT2D eigenvalue weighted by molar-refractivity contribution is 7.14. The van der Waals surface area contributed by atoms with Crippen molar-refractivity contribution in [2.45, 2.75) is 19.3 Å². The average molecular weight is 424 g/mol. The van der Waals surface area contributed by atoms with Gasteiger partial charge in [-0.3, -0.25) is 4.79 Å². The monoisotopic (exact) mass is 423 g/mol. The van der Waals surface area contributed by atoms with E-state index in [1.807, 2.05) is 24.3 Å². The fourth-order valence-electron chi connectivity index (χ4n) is 3.57. The topological polar surface area (TPSA) is 63.7 Å². The van der Waals surface area contributed by atoms with Gasteiger partial charge in [-0.15, -0.1) is 11.3 Å². The maximum absolute atomic E-state index is 12.8. The highest BCUT2D eigenvalue weighted by Crippen LogP contribution is 2.31. The van der Waals surface area contributed by atoms with E-state index in [2.05, 4.69) is 15.6 Å². The summed E-state index contributed by atoms with van der Waals surface area (Å²) in [5, 5.41) is 6.11. The molecule has 1 N–H and O–H groups in total. The van der Waals surface area contributed by atoms with Crippen molar-refractivity contribution in [3.05, 3.63) is 53.4 Å². The van der Waals surface area contributed by atoms with Gasteiger partial charge in [-0.25, -0.2) is 4.98 Å². The molecule has 0 spiro atoms. The maximum atomic E-state index is 12.8. The van der Waals surface area contributed by atoms with Crippen LogP contribution < -0.4 is 19.7 Å². The highest BCUT2D eigenvalue weighted by atomic mass is 32.1. The lowest BCUT2D eigenvalue weighted by Crippen LogP contribution is -2.29. The number of aromatic nitrogens is 1. The number of carbonyl (C=O) groups is 1. The molecule has 2 heterocycles. The Hall–Kier alpha value is -3.06. The number of rotatable bonds is 6. The van der Waals surface area contributed by atoms with Crippen molar-refractivity contribution in [3.8, 4) is 22.8 Å². The summed E-state index contributed by atoms with van der Waals surface area (Å²) in [7, 11) is 3.11. The molecule has 0 unspecified atom stereocenters. The van der Waals surface area contributed by atoms with Crippen molar-refractivity contribution in [1.29, 1.82) is 0 Å². The molecule has 4 rings (SSSR count). The number of hydrogen-bond donors (Lipinski definition) is 1. The van der Waals surface area contributed by atoms with E-state index in [0.29, 0.717) is 22.7 Å². The molecule has 0 atom stereocenters. The van der Waals surface area contributed by atoms with Gasteiger partial charge in [-0.2, -0.15) is 0 Å². The average Bonchev–Trinajstić information content (AvgIpc) is 3.30. The summed E-state index contributed by atoms with van der Waals surface area (Å²) in [6.45, 7) is 2.15. The Morgan fingerprint density at radius 2 is 1.90 bits per heavy atom. The van der Waals surface area contributed by atoms with E-state index in [-0.39, 0.29) is 5.91 Å². The number of nitrogens with one attached hydrogen (secondary N) is 1. The third-order valence-corrected chi connectivity index (χ3v) is 6.09. The van der Waals surface area contributed by atoms with E-state index in [4.69, 9.17) is 14.5 Å². The van der Waals surface area contributed by atoms with Crippen LogP contribution in [0.5, 0.6) is 11.5 Å². The summed E-state index contributed by atoms with van der Waals surface area (Å²) >= 11 is 1.68. The number of benzene rings is 2. The Bertz CT molecular complexity index is 1030. The summed E-state index contributed by atoms with van der Waals surface area (Å²) in [6, 6.07) is 12.9. The highest BCUT2D eigenvalue weighted by Gasteiger charge is 2.16. The third kappa shape index (κ3) is 4.41. The minimum Gasteiger partial charge on any atom is -0.497 e. The lowest BCUT2D eigenvalue weighted by Gasteiger charge is -2.25. The van der Waals surface area contributed by atoms with Crippen LogP contribution in [0.15, 0.2) is 47.8 Å². The van der Waals surface area contributed by atoms with Gasteiger partial charge in [0.05, 0.1) is 25.5 Å². The molecule has 1 aromatic heterocycles. The van der Waals surface area contributed by atoms with Gasteiger partial charge in [0.15, 0.2) is 5.13 Å². The lowest BCUT2D eigenvalue weighted by molar-refractivity contribution is 0.102. The summed E-state index contributed by atoms with van der Waals surface area (Å²) in [5.74, 6) is 0.867. The van der Waals surface area contributed by atoms with E-state index in [0.717, 1.165) is 29.5 Å². The van der Waals surface area contributed by atoms with Crippen molar-refractivity contribution in [2.24, 2.45) is 0 Å². The molecule has 30 heavy (non-hydrogen) atoms. The van der Waals surface area contributed by atoms with Gasteiger partial charge in [0, 0.05) is 35.8 Å². The van der Waals surface area contributed by atoms with Crippen LogP contribution >= 0.6 is 11.3 Å². The number of piperidine rings is 1. The van der Waals surface area contributed by atoms with Crippen molar-refractivity contribution in [3.63, 3.8) is 0 Å². The molecule has 156 valence electrons. The largest absolute Gasteiger partial charge is 0.497 e. The minimum atomic E-state index is -0.237. The minimum absolute atomic E-state index is 0.237. The SMILES string of the molecule is COc1ccc(C(=O)Nc2cccc(-c3csc(N4CCCCC4)n3)c2)c(OC)c1. The Labute approximate surface area is 180 Å². The number of nitrogens with zero attached hydrogens (tertiary/aromatic N) is 2. The molecule has 2 aromatic carbocycles. The van der Waals surface area contributed by atoms with Crippen LogP contribution in [0, 0.1) is 0 Å². The van der Waals surface area contributed by atoms with E-state index in [1.165, 1.54) is 26.4 Å². The smallest absolute Gasteiger partial charge is 0.259 e. The fraction of sp³-hybridized carbons (Fsp3) is 0.304. The van der Waals surface area contributed by atoms with Gasteiger partial charge in [-0.1, -0.05) is 12.1 Å². The first kappa shape index (κ1) is 20.2. The summed E-state index contributed by atoms with van der Waals surface area (Å²) in [5.41, 5.74) is 3.07. The molecular weight excluding hydrogens is 398 g/mol. The van der Waals surface area contributed by atoms with Crippen LogP contribution in [0.3, 0.4) is 0 Å². The van der Waals surface area contributed by atoms with Crippen molar-refractivity contribution < 1.29 is 14.3 Å². The number of carbonyl (C=O) groups excluding carboxylic acids is 1. The lowest BCUT2D eigenvalue weighted by atomic mass is 10.1. The quantitative estimate of drug-likeness (QED) is 0.600. The maximum Gasteiger partial charge on any atom is 0.259 e. The third-order valence-electron chi connectivity index (χ3n) is 5.19. The van der Waals surface area contributed by atoms with Crippen LogP contribution in [0.1, 0.15) is 29.6 Å². The first-order valence-electron chi connectivity index (χ1n) is 10.0. The second-order valence-electron chi connectivity index (χ2n) is 7.16. The van der Waals surface area contributed by atoms with Crippen molar-refractivity contribution in [2.75, 3.05) is 37.5 Å². The van der Waals surface area contributed by atoms with Crippen LogP contribution in [0.4, 0.5) is 10.8 Å². The number of hydrogen-bond acceptors (Lipinski definition) is 6. The van der Waals surface area contributed by atoms with Crippen molar-refractivity contribution in [1.82, 2.24) is 4.98 Å². The summed E-state index contributed by atoms with van der Waals surface area (Å²) in [4.78, 5) is 20.0. The van der Waals surface area contributed by atoms with Gasteiger partial charge >= 0.3 is 0 Å². The number of anilines is 2. The van der Waals surface area contributed by atoms with Crippen LogP contribution in [0.25, 0.3) is 11.3 Å². The summed E-state index contributed by atoms with van der Waals surface area (Å²) in [6.07, 6.45) is 3.76. The number of thiazole rings is 1. The zero-order valence-electron chi connectivity index (χ0n) is 17.2. The van der Waals surface area contributed by atoms with E-state index in [9.17, 15) is 4.79 Å². The molecule has 1 fully saturated rings. The molecule has 0 saturated carbocycles. The van der Waals surface area contributed by atoms with E-state index < -0.39 is 0 Å². The van der Waals surface area contributed by atoms with Crippen LogP contribution in [-0.2, 0) is 0 Å². The van der Waals surface area contributed by atoms with Gasteiger partial charge in [0.2, 0.25) is 0 Å². The zero-order valence-corrected chi connectivity index (χ0v) is 18.0. The molecule has 1 amide bonds. The Balaban J connectivity index is 1.51. The molecule has 0 aliphatic carbocycles. The molecule has 0 radical (unpaired) electrons. The molecule has 6 nitrogen and oxygen atoms in total. The standard InChI is InChI=1S/C23H25N3O3S/c1-28-18-9-10-19(21(14-18)29-2)22(27)24-17-8-6-7-16(13-17)20-15-30-23(25-20)26-11-4-3-5-12-26/h6-10,13-15H,3-5,11-12H2,1-2H3,(H,24,27). The Kier molecular flexibility index (Phi) is 6.18. The van der Waals surface area contributed by atoms with E-state index >= 15 is 0 Å². The van der Waals surface area contributed by atoms with Gasteiger partial charge < -0.3 is 19.7 Å². The molecule has 1 saturated heterocycles. The van der Waals surface area contributed by atoms with Gasteiger partial charge in [0.1, 0.15) is 11.5 Å². The Morgan fingerprint density at radius 3 is 2.67 bits per heavy atom. The normalized spacial score (nSPS) is 13.7. The van der Waals surface area contributed by atoms with Crippen LogP contribution in [-0.4, -0.2) is 38.2 Å². The molecule has 1 aliphatic heterocycles. The van der Waals surface area contributed by atoms with Gasteiger partial charge in [0.25, 0.3) is 5.91 Å². The van der Waals surface area contributed by atoms with Gasteiger partial charge in [-0.05, 0) is 43.5 Å². The number of ether oxygens (including phenoxy) is 2. The molecule has 7 heteroatoms. The first-order chi connectivity index (χ1) is 14.7. The predicted molar refractivity (Wildman–Crippen MR) is 121 cm³/mol. The Morgan fingerprint density at radius 1 is 1.07 bits per heavy atom. The molecule has 0 bridgehead atoms. The van der Waals surface area contributed by atoms with Crippen LogP contribution in [0.2, 0.25) is 0 Å². The second-order valence-corrected chi connectivity index (χ2v) is 8.00. The number of methoxy groups -OCH3 is 2. The zero-order chi connectivity index (χ0) is 20.9. The summed E-state index contributed by atoms with van der Waals surface area (Å²) < 4.78 is 10.5. The van der Waals surface area contributed by atoms with E-state index in [1.54, 1.807) is 36.6 Å². The van der Waals surface area contributed by atoms with Crippen molar-refractivity contribution >= 4 is 28.1 Å². The molecule has 3 aromatic rings. The first-order valence-corrected chi connectivity index (χ1v) is 10.9.